The highest BCUT2D eigenvalue weighted by atomic mass is 35.5. The number of fused-ring (bicyclic) bond motifs is 1. The van der Waals surface area contributed by atoms with Crippen molar-refractivity contribution in [2.45, 2.75) is 18.9 Å². The predicted octanol–water partition coefficient (Wildman–Crippen LogP) is 1.88. The first-order valence-electron chi connectivity index (χ1n) is 6.11. The molecule has 0 bridgehead atoms. The van der Waals surface area contributed by atoms with Crippen LogP contribution in [-0.4, -0.2) is 24.9 Å². The van der Waals surface area contributed by atoms with Gasteiger partial charge in [0.1, 0.15) is 0 Å². The Kier molecular flexibility index (Phi) is 2.88. The van der Waals surface area contributed by atoms with Gasteiger partial charge in [0, 0.05) is 12.0 Å². The minimum atomic E-state index is -0.727. The number of hydrogen-bond donors (Lipinski definition) is 2. The molecule has 4 nitrogen and oxygen atoms in total. The fourth-order valence-electron chi connectivity index (χ4n) is 2.13. The monoisotopic (exact) mass is 269 g/mol. The highest BCUT2D eigenvalue weighted by Gasteiger charge is 2.46. The normalized spacial score (nSPS) is 21.5. The first kappa shape index (κ1) is 12.1. The van der Waals surface area contributed by atoms with Gasteiger partial charge in [0.15, 0.2) is 11.5 Å². The Labute approximate surface area is 111 Å². The number of hydrogen-bond acceptors (Lipinski definition) is 4. The molecule has 0 amide bonds. The summed E-state index contributed by atoms with van der Waals surface area (Å²) in [7, 11) is 0. The van der Waals surface area contributed by atoms with Crippen LogP contribution in [0.2, 0.25) is 5.02 Å². The SMILES string of the molecule is NCC(O)c1cc(Cl)c2c(c1)OCC1(CC1)CO2. The molecule has 98 valence electrons. The lowest BCUT2D eigenvalue weighted by atomic mass is 10.1. The lowest BCUT2D eigenvalue weighted by Gasteiger charge is -2.14. The zero-order valence-electron chi connectivity index (χ0n) is 9.99. The summed E-state index contributed by atoms with van der Waals surface area (Å²) < 4.78 is 11.5. The molecule has 0 radical (unpaired) electrons. The first-order chi connectivity index (χ1) is 8.63. The van der Waals surface area contributed by atoms with Gasteiger partial charge in [-0.25, -0.2) is 0 Å². The van der Waals surface area contributed by atoms with E-state index in [4.69, 9.17) is 26.8 Å². The van der Waals surface area contributed by atoms with Crippen LogP contribution in [0.1, 0.15) is 24.5 Å². The Morgan fingerprint density at radius 3 is 2.72 bits per heavy atom. The number of rotatable bonds is 2. The zero-order valence-corrected chi connectivity index (χ0v) is 10.7. The molecule has 3 rings (SSSR count). The van der Waals surface area contributed by atoms with E-state index in [1.165, 1.54) is 0 Å². The Morgan fingerprint density at radius 1 is 1.33 bits per heavy atom. The van der Waals surface area contributed by atoms with Crippen LogP contribution in [0.4, 0.5) is 0 Å². The Bertz CT molecular complexity index is 474. The van der Waals surface area contributed by atoms with Gasteiger partial charge in [-0.3, -0.25) is 0 Å². The Balaban J connectivity index is 1.94. The molecular formula is C13H16ClNO3. The topological polar surface area (TPSA) is 64.7 Å². The van der Waals surface area contributed by atoms with Crippen molar-refractivity contribution in [1.82, 2.24) is 0 Å². The number of ether oxygens (including phenoxy) is 2. The van der Waals surface area contributed by atoms with E-state index in [2.05, 4.69) is 0 Å². The number of halogens is 1. The molecule has 1 fully saturated rings. The second kappa shape index (κ2) is 4.30. The van der Waals surface area contributed by atoms with Crippen molar-refractivity contribution in [3.8, 4) is 11.5 Å². The number of benzene rings is 1. The van der Waals surface area contributed by atoms with Gasteiger partial charge >= 0.3 is 0 Å². The van der Waals surface area contributed by atoms with Crippen molar-refractivity contribution in [3.63, 3.8) is 0 Å². The molecule has 3 N–H and O–H groups in total. The van der Waals surface area contributed by atoms with Crippen LogP contribution in [0.15, 0.2) is 12.1 Å². The summed E-state index contributed by atoms with van der Waals surface area (Å²) in [6.45, 7) is 1.46. The molecule has 1 atom stereocenters. The summed E-state index contributed by atoms with van der Waals surface area (Å²) in [6.07, 6.45) is 1.54. The van der Waals surface area contributed by atoms with Crippen molar-refractivity contribution >= 4 is 11.6 Å². The molecule has 2 aliphatic rings. The van der Waals surface area contributed by atoms with Gasteiger partial charge < -0.3 is 20.3 Å². The molecule has 1 aliphatic heterocycles. The van der Waals surface area contributed by atoms with E-state index in [0.29, 0.717) is 35.3 Å². The molecule has 1 aromatic carbocycles. The molecule has 18 heavy (non-hydrogen) atoms. The van der Waals surface area contributed by atoms with Crippen LogP contribution in [0.25, 0.3) is 0 Å². The van der Waals surface area contributed by atoms with E-state index in [-0.39, 0.29) is 12.0 Å². The highest BCUT2D eigenvalue weighted by molar-refractivity contribution is 6.32. The van der Waals surface area contributed by atoms with Crippen molar-refractivity contribution in [3.05, 3.63) is 22.7 Å². The summed E-state index contributed by atoms with van der Waals surface area (Å²) in [5.74, 6) is 1.18. The van der Waals surface area contributed by atoms with E-state index in [1.54, 1.807) is 12.1 Å². The minimum absolute atomic E-state index is 0.153. The van der Waals surface area contributed by atoms with Crippen molar-refractivity contribution in [2.24, 2.45) is 11.1 Å². The number of aliphatic hydroxyl groups excluding tert-OH is 1. The van der Waals surface area contributed by atoms with Crippen LogP contribution in [0.3, 0.4) is 0 Å². The molecule has 0 saturated heterocycles. The maximum Gasteiger partial charge on any atom is 0.179 e. The second-order valence-electron chi connectivity index (χ2n) is 5.16. The number of aliphatic hydroxyl groups is 1. The van der Waals surface area contributed by atoms with Crippen LogP contribution in [0.5, 0.6) is 11.5 Å². The molecule has 1 heterocycles. The van der Waals surface area contributed by atoms with Gasteiger partial charge in [0.2, 0.25) is 0 Å². The summed E-state index contributed by atoms with van der Waals surface area (Å²) in [6, 6.07) is 3.45. The summed E-state index contributed by atoms with van der Waals surface area (Å²) in [5, 5.41) is 10.2. The molecular weight excluding hydrogens is 254 g/mol. The van der Waals surface area contributed by atoms with Crippen LogP contribution in [0, 0.1) is 5.41 Å². The molecule has 1 saturated carbocycles. The van der Waals surface area contributed by atoms with Crippen LogP contribution in [-0.2, 0) is 0 Å². The fraction of sp³-hybridized carbons (Fsp3) is 0.538. The Hall–Kier alpha value is -0.970. The highest BCUT2D eigenvalue weighted by Crippen LogP contribution is 2.50. The largest absolute Gasteiger partial charge is 0.489 e. The van der Waals surface area contributed by atoms with E-state index in [0.717, 1.165) is 12.8 Å². The van der Waals surface area contributed by atoms with E-state index >= 15 is 0 Å². The standard InChI is InChI=1S/C13H16ClNO3/c14-9-3-8(10(16)5-15)4-11-12(9)18-7-13(1-2-13)6-17-11/h3-4,10,16H,1-2,5-7,15H2. The van der Waals surface area contributed by atoms with Crippen LogP contribution >= 0.6 is 11.6 Å². The maximum atomic E-state index is 9.76. The van der Waals surface area contributed by atoms with Crippen molar-refractivity contribution in [1.29, 1.82) is 0 Å². The summed E-state index contributed by atoms with van der Waals surface area (Å²) in [5.41, 5.74) is 6.29. The van der Waals surface area contributed by atoms with Gasteiger partial charge in [-0.05, 0) is 30.5 Å². The predicted molar refractivity (Wildman–Crippen MR) is 68.1 cm³/mol. The molecule has 0 aromatic heterocycles. The average Bonchev–Trinajstić information content (AvgIpc) is 3.16. The lowest BCUT2D eigenvalue weighted by Crippen LogP contribution is -2.17. The van der Waals surface area contributed by atoms with E-state index in [9.17, 15) is 5.11 Å². The van der Waals surface area contributed by atoms with Crippen molar-refractivity contribution < 1.29 is 14.6 Å². The van der Waals surface area contributed by atoms with Crippen molar-refractivity contribution in [2.75, 3.05) is 19.8 Å². The first-order valence-corrected chi connectivity index (χ1v) is 6.48. The van der Waals surface area contributed by atoms with E-state index in [1.807, 2.05) is 0 Å². The minimum Gasteiger partial charge on any atom is -0.489 e. The quantitative estimate of drug-likeness (QED) is 0.860. The zero-order chi connectivity index (χ0) is 12.8. The van der Waals surface area contributed by atoms with Gasteiger partial charge in [-0.2, -0.15) is 0 Å². The van der Waals surface area contributed by atoms with Crippen LogP contribution < -0.4 is 15.2 Å². The maximum absolute atomic E-state index is 9.76. The lowest BCUT2D eigenvalue weighted by molar-refractivity contribution is 0.185. The smallest absolute Gasteiger partial charge is 0.179 e. The third-order valence-electron chi connectivity index (χ3n) is 3.65. The summed E-state index contributed by atoms with van der Waals surface area (Å²) >= 11 is 6.18. The molecule has 5 heteroatoms. The third-order valence-corrected chi connectivity index (χ3v) is 3.93. The fourth-order valence-corrected chi connectivity index (χ4v) is 2.40. The molecule has 1 spiro atoms. The van der Waals surface area contributed by atoms with Gasteiger partial charge in [-0.1, -0.05) is 11.6 Å². The molecule has 1 aliphatic carbocycles. The third kappa shape index (κ3) is 2.05. The summed E-state index contributed by atoms with van der Waals surface area (Å²) in [4.78, 5) is 0. The second-order valence-corrected chi connectivity index (χ2v) is 5.57. The van der Waals surface area contributed by atoms with Gasteiger partial charge in [0.25, 0.3) is 0 Å². The molecule has 1 unspecified atom stereocenters. The number of nitrogens with two attached hydrogens (primary N) is 1. The average molecular weight is 270 g/mol. The van der Waals surface area contributed by atoms with E-state index < -0.39 is 6.10 Å². The van der Waals surface area contributed by atoms with Gasteiger partial charge in [0.05, 0.1) is 24.3 Å². The Morgan fingerprint density at radius 2 is 2.06 bits per heavy atom. The molecule has 1 aromatic rings. The van der Waals surface area contributed by atoms with Gasteiger partial charge in [-0.15, -0.1) is 0 Å².